The molecular formula is C19H22N2. The van der Waals surface area contributed by atoms with Crippen molar-refractivity contribution >= 4 is 11.2 Å². The van der Waals surface area contributed by atoms with E-state index in [0.29, 0.717) is 0 Å². The van der Waals surface area contributed by atoms with Crippen molar-refractivity contribution < 1.29 is 0 Å². The van der Waals surface area contributed by atoms with Crippen LogP contribution in [0.25, 0.3) is 11.2 Å². The lowest BCUT2D eigenvalue weighted by Crippen LogP contribution is -1.95. The largest absolute Gasteiger partial charge is 0.303 e. The monoisotopic (exact) mass is 278 g/mol. The lowest BCUT2D eigenvalue weighted by atomic mass is 10.1. The molecule has 1 aromatic carbocycles. The lowest BCUT2D eigenvalue weighted by molar-refractivity contribution is 1.02. The third kappa shape index (κ3) is 3.40. The molecule has 0 aliphatic rings. The summed E-state index contributed by atoms with van der Waals surface area (Å²) in [6.45, 7) is 10.0. The Bertz CT molecular complexity index is 724. The molecule has 0 spiro atoms. The van der Waals surface area contributed by atoms with Crippen molar-refractivity contribution in [1.29, 1.82) is 0 Å². The van der Waals surface area contributed by atoms with Gasteiger partial charge in [0.1, 0.15) is 5.65 Å². The van der Waals surface area contributed by atoms with Gasteiger partial charge in [-0.1, -0.05) is 50.8 Å². The topological polar surface area (TPSA) is 17.3 Å². The van der Waals surface area contributed by atoms with E-state index in [-0.39, 0.29) is 0 Å². The van der Waals surface area contributed by atoms with Gasteiger partial charge in [-0.05, 0) is 35.8 Å². The first-order valence-electron chi connectivity index (χ1n) is 7.40. The average Bonchev–Trinajstić information content (AvgIpc) is 2.92. The molecule has 0 N–H and O–H groups in total. The van der Waals surface area contributed by atoms with Crippen molar-refractivity contribution in [3.63, 3.8) is 0 Å². The number of imidazole rings is 1. The molecule has 0 atom stereocenters. The quantitative estimate of drug-likeness (QED) is 0.660. The van der Waals surface area contributed by atoms with Gasteiger partial charge in [0.25, 0.3) is 0 Å². The molecule has 2 heteroatoms. The highest BCUT2D eigenvalue weighted by atomic mass is 15.0. The summed E-state index contributed by atoms with van der Waals surface area (Å²) in [7, 11) is 0. The minimum atomic E-state index is 0.891. The summed E-state index contributed by atoms with van der Waals surface area (Å²) in [5.74, 6) is 0. The van der Waals surface area contributed by atoms with Gasteiger partial charge in [-0.25, -0.2) is 4.98 Å². The highest BCUT2D eigenvalue weighted by molar-refractivity contribution is 5.62. The van der Waals surface area contributed by atoms with Gasteiger partial charge < -0.3 is 4.40 Å². The zero-order valence-corrected chi connectivity index (χ0v) is 13.0. The predicted octanol–water partition coefficient (Wildman–Crippen LogP) is 4.98. The molecule has 0 radical (unpaired) electrons. The van der Waals surface area contributed by atoms with Gasteiger partial charge in [-0.15, -0.1) is 0 Å². The van der Waals surface area contributed by atoms with Crippen molar-refractivity contribution in [2.75, 3.05) is 0 Å². The molecule has 3 rings (SSSR count). The van der Waals surface area contributed by atoms with E-state index in [1.165, 1.54) is 11.3 Å². The fourth-order valence-electron chi connectivity index (χ4n) is 2.22. The fraction of sp³-hybridized carbons (Fsp3) is 0.211. The molecule has 0 saturated carbocycles. The Morgan fingerprint density at radius 2 is 1.81 bits per heavy atom. The SMILES string of the molecule is C=C(C)c1ccc2ncc(Cc3ccccc3)n2c1.CC. The molecule has 0 aliphatic heterocycles. The highest BCUT2D eigenvalue weighted by Gasteiger charge is 2.05. The molecule has 0 aliphatic carbocycles. The van der Waals surface area contributed by atoms with Crippen LogP contribution in [0.1, 0.15) is 37.6 Å². The van der Waals surface area contributed by atoms with Gasteiger partial charge in [0.05, 0.1) is 0 Å². The van der Waals surface area contributed by atoms with Crippen molar-refractivity contribution in [3.05, 3.63) is 78.3 Å². The van der Waals surface area contributed by atoms with E-state index >= 15 is 0 Å². The van der Waals surface area contributed by atoms with Gasteiger partial charge in [-0.2, -0.15) is 0 Å². The van der Waals surface area contributed by atoms with Crippen LogP contribution in [0.5, 0.6) is 0 Å². The van der Waals surface area contributed by atoms with Gasteiger partial charge in [-0.3, -0.25) is 0 Å². The van der Waals surface area contributed by atoms with Crippen LogP contribution in [0, 0.1) is 0 Å². The van der Waals surface area contributed by atoms with Gasteiger partial charge >= 0.3 is 0 Å². The van der Waals surface area contributed by atoms with Crippen LogP contribution in [-0.2, 0) is 6.42 Å². The number of rotatable bonds is 3. The van der Waals surface area contributed by atoms with E-state index in [9.17, 15) is 0 Å². The van der Waals surface area contributed by atoms with E-state index in [1.54, 1.807) is 0 Å². The van der Waals surface area contributed by atoms with Crippen LogP contribution in [0.4, 0.5) is 0 Å². The van der Waals surface area contributed by atoms with Crippen LogP contribution in [-0.4, -0.2) is 9.38 Å². The zero-order valence-electron chi connectivity index (χ0n) is 13.0. The molecule has 3 aromatic rings. The summed E-state index contributed by atoms with van der Waals surface area (Å²) in [5.41, 5.74) is 5.70. The van der Waals surface area contributed by atoms with Crippen LogP contribution in [0.15, 0.2) is 61.4 Å². The number of fused-ring (bicyclic) bond motifs is 1. The maximum absolute atomic E-state index is 4.45. The summed E-state index contributed by atoms with van der Waals surface area (Å²) in [6.07, 6.45) is 4.95. The van der Waals surface area contributed by atoms with Crippen molar-refractivity contribution in [1.82, 2.24) is 9.38 Å². The molecule has 0 saturated heterocycles. The first-order valence-corrected chi connectivity index (χ1v) is 7.40. The van der Waals surface area contributed by atoms with Crippen molar-refractivity contribution in [3.8, 4) is 0 Å². The maximum atomic E-state index is 4.45. The molecule has 2 aromatic heterocycles. The number of pyridine rings is 1. The maximum Gasteiger partial charge on any atom is 0.136 e. The van der Waals surface area contributed by atoms with E-state index in [1.807, 2.05) is 39.1 Å². The Balaban J connectivity index is 0.000000774. The van der Waals surface area contributed by atoms with E-state index in [4.69, 9.17) is 0 Å². The second-order valence-electron chi connectivity index (χ2n) is 4.84. The smallest absolute Gasteiger partial charge is 0.136 e. The van der Waals surface area contributed by atoms with Crippen LogP contribution >= 0.6 is 0 Å². The molecule has 0 amide bonds. The summed E-state index contributed by atoms with van der Waals surface area (Å²) >= 11 is 0. The van der Waals surface area contributed by atoms with E-state index in [0.717, 1.165) is 23.2 Å². The Morgan fingerprint density at radius 3 is 2.48 bits per heavy atom. The number of hydrogen-bond acceptors (Lipinski definition) is 1. The second-order valence-corrected chi connectivity index (χ2v) is 4.84. The minimum absolute atomic E-state index is 0.891. The highest BCUT2D eigenvalue weighted by Crippen LogP contribution is 2.16. The van der Waals surface area contributed by atoms with Gasteiger partial charge in [0.15, 0.2) is 0 Å². The fourth-order valence-corrected chi connectivity index (χ4v) is 2.22. The normalized spacial score (nSPS) is 10.0. The van der Waals surface area contributed by atoms with Crippen LogP contribution in [0.3, 0.4) is 0 Å². The molecule has 0 fully saturated rings. The molecule has 2 heterocycles. The van der Waals surface area contributed by atoms with E-state index < -0.39 is 0 Å². The Morgan fingerprint density at radius 1 is 1.10 bits per heavy atom. The Hall–Kier alpha value is -2.35. The van der Waals surface area contributed by atoms with Crippen molar-refractivity contribution in [2.45, 2.75) is 27.2 Å². The standard InChI is InChI=1S/C17H16N2.C2H6/c1-13(2)15-8-9-17-18-11-16(19(17)12-15)10-14-6-4-3-5-7-14;1-2/h3-9,11-12H,1,10H2,2H3;1-2H3. The Kier molecular flexibility index (Phi) is 4.94. The van der Waals surface area contributed by atoms with Crippen LogP contribution < -0.4 is 0 Å². The third-order valence-corrected chi connectivity index (χ3v) is 3.30. The number of allylic oxidation sites excluding steroid dienone is 1. The summed E-state index contributed by atoms with van der Waals surface area (Å²) in [5, 5.41) is 0. The average molecular weight is 278 g/mol. The number of aromatic nitrogens is 2. The number of nitrogens with zero attached hydrogens (tertiary/aromatic N) is 2. The minimum Gasteiger partial charge on any atom is -0.303 e. The first kappa shape index (κ1) is 15.0. The Labute approximate surface area is 126 Å². The predicted molar refractivity (Wildman–Crippen MR) is 90.5 cm³/mol. The van der Waals surface area contributed by atoms with Gasteiger partial charge in [0, 0.05) is 24.5 Å². The summed E-state index contributed by atoms with van der Waals surface area (Å²) < 4.78 is 2.15. The summed E-state index contributed by atoms with van der Waals surface area (Å²) in [6, 6.07) is 14.6. The molecular weight excluding hydrogens is 256 g/mol. The molecule has 2 nitrogen and oxygen atoms in total. The zero-order chi connectivity index (χ0) is 15.2. The molecule has 0 unspecified atom stereocenters. The van der Waals surface area contributed by atoms with E-state index in [2.05, 4.69) is 52.5 Å². The van der Waals surface area contributed by atoms with Crippen molar-refractivity contribution in [2.24, 2.45) is 0 Å². The molecule has 108 valence electrons. The molecule has 21 heavy (non-hydrogen) atoms. The number of hydrogen-bond donors (Lipinski definition) is 0. The number of benzene rings is 1. The van der Waals surface area contributed by atoms with Gasteiger partial charge in [0.2, 0.25) is 0 Å². The first-order chi connectivity index (χ1) is 10.2. The third-order valence-electron chi connectivity index (χ3n) is 3.30. The summed E-state index contributed by atoms with van der Waals surface area (Å²) in [4.78, 5) is 4.45. The molecule has 0 bridgehead atoms. The lowest BCUT2D eigenvalue weighted by Gasteiger charge is -2.05. The second kappa shape index (κ2) is 6.89. The van der Waals surface area contributed by atoms with Crippen LogP contribution in [0.2, 0.25) is 0 Å².